The highest BCUT2D eigenvalue weighted by Gasteiger charge is 2.42. The van der Waals surface area contributed by atoms with E-state index >= 15 is 0 Å². The van der Waals surface area contributed by atoms with Crippen molar-refractivity contribution in [2.75, 3.05) is 0 Å². The van der Waals surface area contributed by atoms with Gasteiger partial charge in [-0.2, -0.15) is 0 Å². The molecule has 2 nitrogen and oxygen atoms in total. The molecule has 0 aromatic carbocycles. The summed E-state index contributed by atoms with van der Waals surface area (Å²) in [6.07, 6.45) is 0. The average molecular weight is 155 g/mol. The second kappa shape index (κ2) is 2.84. The van der Waals surface area contributed by atoms with Crippen LogP contribution < -0.4 is 5.32 Å². The van der Waals surface area contributed by atoms with Crippen molar-refractivity contribution in [3.8, 4) is 0 Å². The first-order valence-electron chi connectivity index (χ1n) is 4.34. The Morgan fingerprint density at radius 3 is 1.91 bits per heavy atom. The molecule has 0 aliphatic carbocycles. The molecule has 0 bridgehead atoms. The summed E-state index contributed by atoms with van der Waals surface area (Å²) in [7, 11) is 0. The lowest BCUT2D eigenvalue weighted by atomic mass is 9.76. The molecule has 1 aliphatic rings. The quantitative estimate of drug-likeness (QED) is 0.600. The van der Waals surface area contributed by atoms with Crippen molar-refractivity contribution in [2.24, 2.45) is 17.8 Å². The summed E-state index contributed by atoms with van der Waals surface area (Å²) in [5.74, 6) is 1.55. The van der Waals surface area contributed by atoms with E-state index in [4.69, 9.17) is 0 Å². The first-order valence-corrected chi connectivity index (χ1v) is 4.34. The average Bonchev–Trinajstić information content (AvgIpc) is 1.80. The van der Waals surface area contributed by atoms with E-state index in [1.807, 2.05) is 0 Å². The van der Waals surface area contributed by atoms with Gasteiger partial charge in [-0.1, -0.05) is 27.7 Å². The van der Waals surface area contributed by atoms with Crippen LogP contribution in [0.4, 0.5) is 0 Å². The molecule has 11 heavy (non-hydrogen) atoms. The van der Waals surface area contributed by atoms with Gasteiger partial charge in [-0.15, -0.1) is 0 Å². The van der Waals surface area contributed by atoms with Crippen LogP contribution in [0.3, 0.4) is 0 Å². The van der Waals surface area contributed by atoms with Gasteiger partial charge in [0.25, 0.3) is 0 Å². The van der Waals surface area contributed by atoms with Crippen LogP contribution >= 0.6 is 0 Å². The smallest absolute Gasteiger partial charge is 0.225 e. The fourth-order valence-corrected chi connectivity index (χ4v) is 1.72. The first kappa shape index (κ1) is 8.57. The monoisotopic (exact) mass is 155 g/mol. The van der Waals surface area contributed by atoms with Crippen molar-refractivity contribution < 1.29 is 4.79 Å². The van der Waals surface area contributed by atoms with E-state index in [2.05, 4.69) is 33.0 Å². The van der Waals surface area contributed by atoms with Gasteiger partial charge in [0.15, 0.2) is 0 Å². The van der Waals surface area contributed by atoms with Gasteiger partial charge >= 0.3 is 0 Å². The third-order valence-corrected chi connectivity index (χ3v) is 2.44. The second-order valence-electron chi connectivity index (χ2n) is 4.05. The third kappa shape index (κ3) is 1.39. The van der Waals surface area contributed by atoms with Crippen LogP contribution in [0.1, 0.15) is 27.7 Å². The van der Waals surface area contributed by atoms with Crippen molar-refractivity contribution in [1.29, 1.82) is 0 Å². The van der Waals surface area contributed by atoms with Gasteiger partial charge in [-0.25, -0.2) is 0 Å². The Bertz CT molecular complexity index is 163. The number of β-lactam (4-membered cyclic amide) rings is 1. The van der Waals surface area contributed by atoms with Crippen molar-refractivity contribution in [3.63, 3.8) is 0 Å². The Morgan fingerprint density at radius 1 is 1.18 bits per heavy atom. The molecule has 0 saturated carbocycles. The minimum absolute atomic E-state index is 0.235. The van der Waals surface area contributed by atoms with Crippen molar-refractivity contribution in [1.82, 2.24) is 5.32 Å². The SMILES string of the molecule is CC(C)[C@H]1NC(=O)[C@@H]1C(C)C. The molecule has 1 amide bonds. The van der Waals surface area contributed by atoms with E-state index < -0.39 is 0 Å². The Morgan fingerprint density at radius 2 is 1.73 bits per heavy atom. The topological polar surface area (TPSA) is 29.1 Å². The van der Waals surface area contributed by atoms with Crippen LogP contribution in [0.15, 0.2) is 0 Å². The lowest BCUT2D eigenvalue weighted by molar-refractivity contribution is -0.138. The van der Waals surface area contributed by atoms with Gasteiger partial charge in [-0.05, 0) is 11.8 Å². The molecule has 0 unspecified atom stereocenters. The summed E-state index contributed by atoms with van der Waals surface area (Å²) < 4.78 is 0. The number of amides is 1. The minimum Gasteiger partial charge on any atom is -0.352 e. The molecule has 2 atom stereocenters. The molecule has 2 heteroatoms. The second-order valence-corrected chi connectivity index (χ2v) is 4.05. The van der Waals surface area contributed by atoms with Gasteiger partial charge in [0.1, 0.15) is 0 Å². The van der Waals surface area contributed by atoms with E-state index in [1.54, 1.807) is 0 Å². The normalized spacial score (nSPS) is 30.5. The summed E-state index contributed by atoms with van der Waals surface area (Å²) >= 11 is 0. The fraction of sp³-hybridized carbons (Fsp3) is 0.889. The highest BCUT2D eigenvalue weighted by Crippen LogP contribution is 2.28. The van der Waals surface area contributed by atoms with Gasteiger partial charge in [-0.3, -0.25) is 4.79 Å². The summed E-state index contributed by atoms with van der Waals surface area (Å²) in [5, 5.41) is 2.93. The van der Waals surface area contributed by atoms with E-state index in [9.17, 15) is 4.79 Å². The summed E-state index contributed by atoms with van der Waals surface area (Å²) in [6.45, 7) is 8.52. The van der Waals surface area contributed by atoms with Gasteiger partial charge < -0.3 is 5.32 Å². The van der Waals surface area contributed by atoms with Crippen LogP contribution in [0.2, 0.25) is 0 Å². The highest BCUT2D eigenvalue weighted by molar-refractivity contribution is 5.86. The molecule has 1 aliphatic heterocycles. The molecule has 1 rings (SSSR count). The van der Waals surface area contributed by atoms with E-state index in [0.717, 1.165) is 0 Å². The highest BCUT2D eigenvalue weighted by atomic mass is 16.2. The number of carbonyl (C=O) groups is 1. The van der Waals surface area contributed by atoms with Crippen LogP contribution in [0, 0.1) is 17.8 Å². The molecule has 1 heterocycles. The summed E-state index contributed by atoms with van der Waals surface area (Å²) in [6, 6.07) is 0.419. The Kier molecular flexibility index (Phi) is 2.21. The molecule has 1 saturated heterocycles. The van der Waals surface area contributed by atoms with Crippen molar-refractivity contribution >= 4 is 5.91 Å². The van der Waals surface area contributed by atoms with E-state index in [-0.39, 0.29) is 11.8 Å². The Balaban J connectivity index is 2.55. The Labute approximate surface area is 68.4 Å². The molecule has 1 N–H and O–H groups in total. The zero-order chi connectivity index (χ0) is 8.59. The van der Waals surface area contributed by atoms with E-state index in [1.165, 1.54) is 0 Å². The van der Waals surface area contributed by atoms with Crippen molar-refractivity contribution in [3.05, 3.63) is 0 Å². The van der Waals surface area contributed by atoms with Crippen molar-refractivity contribution in [2.45, 2.75) is 33.7 Å². The number of rotatable bonds is 2. The molecule has 0 radical (unpaired) electrons. The first-order chi connectivity index (χ1) is 5.04. The third-order valence-electron chi connectivity index (χ3n) is 2.44. The van der Waals surface area contributed by atoms with Gasteiger partial charge in [0.05, 0.1) is 5.92 Å². The maximum absolute atomic E-state index is 11.1. The largest absolute Gasteiger partial charge is 0.352 e. The number of hydrogen-bond donors (Lipinski definition) is 1. The predicted octanol–water partition coefficient (Wildman–Crippen LogP) is 1.41. The minimum atomic E-state index is 0.235. The maximum Gasteiger partial charge on any atom is 0.225 e. The molecular formula is C9H17NO. The predicted molar refractivity (Wildman–Crippen MR) is 45.1 cm³/mol. The molecule has 0 aromatic heterocycles. The molecule has 0 spiro atoms. The summed E-state index contributed by atoms with van der Waals surface area (Å²) in [4.78, 5) is 11.1. The zero-order valence-electron chi connectivity index (χ0n) is 7.72. The lowest BCUT2D eigenvalue weighted by Crippen LogP contribution is -2.62. The van der Waals surface area contributed by atoms with Crippen LogP contribution in [-0.2, 0) is 4.79 Å². The molecule has 64 valence electrons. The number of hydrogen-bond acceptors (Lipinski definition) is 1. The lowest BCUT2D eigenvalue weighted by Gasteiger charge is -2.41. The van der Waals surface area contributed by atoms with Gasteiger partial charge in [0, 0.05) is 6.04 Å². The Hall–Kier alpha value is -0.530. The number of carbonyl (C=O) groups excluding carboxylic acids is 1. The zero-order valence-corrected chi connectivity index (χ0v) is 7.72. The molecular weight excluding hydrogens is 138 g/mol. The number of nitrogens with one attached hydrogen (secondary N) is 1. The fourth-order valence-electron chi connectivity index (χ4n) is 1.72. The van der Waals surface area contributed by atoms with Gasteiger partial charge in [0.2, 0.25) is 5.91 Å². The maximum atomic E-state index is 11.1. The van der Waals surface area contributed by atoms with E-state index in [0.29, 0.717) is 17.9 Å². The molecule has 0 aromatic rings. The van der Waals surface area contributed by atoms with Crippen LogP contribution in [-0.4, -0.2) is 11.9 Å². The molecule has 1 fully saturated rings. The van der Waals surface area contributed by atoms with Crippen LogP contribution in [0.25, 0.3) is 0 Å². The summed E-state index contributed by atoms with van der Waals surface area (Å²) in [5.41, 5.74) is 0. The standard InChI is InChI=1S/C9H17NO/c1-5(2)7-8(6(3)4)10-9(7)11/h5-8H,1-4H3,(H,10,11)/t7-,8-/m1/s1. The van der Waals surface area contributed by atoms with Crippen LogP contribution in [0.5, 0.6) is 0 Å².